The second-order valence-electron chi connectivity index (χ2n) is 14.3. The van der Waals surface area contributed by atoms with E-state index in [9.17, 15) is 9.59 Å². The summed E-state index contributed by atoms with van der Waals surface area (Å²) in [6, 6.07) is 1.78. The molecule has 1 aliphatic carbocycles. The number of benzene rings is 1. The van der Waals surface area contributed by atoms with Crippen molar-refractivity contribution in [1.82, 2.24) is 24.5 Å². The molecule has 3 N–H and O–H groups in total. The largest absolute Gasteiger partial charge is 0.398 e. The lowest BCUT2D eigenvalue weighted by Crippen LogP contribution is -2.63. The van der Waals surface area contributed by atoms with Gasteiger partial charge in [0.1, 0.15) is 0 Å². The van der Waals surface area contributed by atoms with E-state index < -0.39 is 0 Å². The number of hydrogen-bond acceptors (Lipinski definition) is 7. The number of likely N-dealkylation sites (N-methyl/N-ethyl adjacent to an activating group) is 1. The molecule has 242 valence electrons. The Balaban J connectivity index is 1.33. The minimum Gasteiger partial charge on any atom is -0.398 e. The number of nitrogens with two attached hydrogens (primary N) is 1. The first-order valence-electron chi connectivity index (χ1n) is 15.8. The van der Waals surface area contributed by atoms with E-state index in [-0.39, 0.29) is 28.8 Å². The van der Waals surface area contributed by atoms with Crippen LogP contribution in [0.3, 0.4) is 0 Å². The number of amides is 2. The number of piperazine rings is 1. The molecule has 1 saturated carbocycles. The molecule has 1 atom stereocenters. The van der Waals surface area contributed by atoms with E-state index >= 15 is 0 Å². The van der Waals surface area contributed by atoms with Gasteiger partial charge in [-0.25, -0.2) is 0 Å². The summed E-state index contributed by atoms with van der Waals surface area (Å²) in [6.07, 6.45) is 6.33. The van der Waals surface area contributed by atoms with Crippen molar-refractivity contribution in [2.24, 2.45) is 11.3 Å². The van der Waals surface area contributed by atoms with Crippen LogP contribution < -0.4 is 10.6 Å². The molecule has 3 saturated heterocycles. The van der Waals surface area contributed by atoms with Gasteiger partial charge in [-0.05, 0) is 71.6 Å². The molecule has 4 heterocycles. The van der Waals surface area contributed by atoms with Gasteiger partial charge in [-0.1, -0.05) is 29.8 Å². The summed E-state index contributed by atoms with van der Waals surface area (Å²) in [4.78, 5) is 33.2. The Morgan fingerprint density at radius 2 is 1.89 bits per heavy atom. The minimum atomic E-state index is -0.263. The van der Waals surface area contributed by atoms with Gasteiger partial charge in [0.15, 0.2) is 5.82 Å². The minimum absolute atomic E-state index is 0.0149. The third kappa shape index (κ3) is 5.52. The molecule has 4 aliphatic rings. The fraction of sp³-hybridized carbons (Fsp3) is 0.576. The SMILES string of the molecule is C=CC(=O)N1CC2(CC(n3nc(N4CCC(CN5CCN(C)CC5=O)CC4(C)C)c(-c4c(Cl)c(Cl)cc(N)c4C=N)c3C)C2)C1. The van der Waals surface area contributed by atoms with Crippen molar-refractivity contribution >= 4 is 52.7 Å². The average Bonchev–Trinajstić information content (AvgIpc) is 3.25. The van der Waals surface area contributed by atoms with Crippen molar-refractivity contribution in [2.45, 2.75) is 58.0 Å². The van der Waals surface area contributed by atoms with Crippen LogP contribution in [0.25, 0.3) is 11.1 Å². The van der Waals surface area contributed by atoms with Crippen LogP contribution in [0.15, 0.2) is 18.7 Å². The van der Waals surface area contributed by atoms with Crippen LogP contribution in [0.5, 0.6) is 0 Å². The maximum absolute atomic E-state index is 12.7. The fourth-order valence-electron chi connectivity index (χ4n) is 8.23. The van der Waals surface area contributed by atoms with Crippen molar-refractivity contribution in [2.75, 3.05) is 63.5 Å². The topological polar surface area (TPSA) is 115 Å². The number of carbonyl (C=O) groups excluding carboxylic acids is 2. The first kappa shape index (κ1) is 31.9. The molecule has 12 heteroatoms. The average molecular weight is 656 g/mol. The molecule has 2 aromatic rings. The van der Waals surface area contributed by atoms with Crippen molar-refractivity contribution < 1.29 is 9.59 Å². The Kier molecular flexibility index (Phi) is 8.23. The number of nitrogens with zero attached hydrogens (tertiary/aromatic N) is 6. The molecule has 10 nitrogen and oxygen atoms in total. The molecule has 4 fully saturated rings. The lowest BCUT2D eigenvalue weighted by Gasteiger charge is -2.58. The second kappa shape index (κ2) is 11.6. The number of rotatable bonds is 7. The zero-order valence-corrected chi connectivity index (χ0v) is 28.2. The third-order valence-electron chi connectivity index (χ3n) is 10.6. The number of likely N-dealkylation sites (tertiary alicyclic amines) is 1. The van der Waals surface area contributed by atoms with Gasteiger partial charge in [0.25, 0.3) is 0 Å². The van der Waals surface area contributed by atoms with Crippen molar-refractivity contribution in [1.29, 1.82) is 5.41 Å². The normalized spacial score (nSPS) is 23.2. The van der Waals surface area contributed by atoms with E-state index in [4.69, 9.17) is 39.4 Å². The van der Waals surface area contributed by atoms with Gasteiger partial charge >= 0.3 is 0 Å². The molecule has 45 heavy (non-hydrogen) atoms. The first-order valence-corrected chi connectivity index (χ1v) is 16.6. The summed E-state index contributed by atoms with van der Waals surface area (Å²) in [5.74, 6) is 1.38. The number of piperidine rings is 1. The third-order valence-corrected chi connectivity index (χ3v) is 11.4. The highest BCUT2D eigenvalue weighted by atomic mass is 35.5. The smallest absolute Gasteiger partial charge is 0.245 e. The zero-order chi connectivity index (χ0) is 32.4. The van der Waals surface area contributed by atoms with Crippen molar-refractivity contribution in [3.05, 3.63) is 40.0 Å². The Labute approximate surface area is 275 Å². The fourth-order valence-corrected chi connectivity index (χ4v) is 8.69. The molecule has 6 rings (SSSR count). The van der Waals surface area contributed by atoms with E-state index in [0.717, 1.165) is 82.0 Å². The van der Waals surface area contributed by atoms with Gasteiger partial charge in [0.2, 0.25) is 11.8 Å². The summed E-state index contributed by atoms with van der Waals surface area (Å²) >= 11 is 13.5. The van der Waals surface area contributed by atoms with Gasteiger partial charge in [0.05, 0.1) is 22.6 Å². The lowest BCUT2D eigenvalue weighted by molar-refractivity contribution is -0.149. The zero-order valence-electron chi connectivity index (χ0n) is 26.7. The van der Waals surface area contributed by atoms with Crippen LogP contribution in [0.1, 0.15) is 56.8 Å². The van der Waals surface area contributed by atoms with E-state index in [0.29, 0.717) is 39.3 Å². The van der Waals surface area contributed by atoms with Gasteiger partial charge in [0, 0.05) is 84.5 Å². The Morgan fingerprint density at radius 3 is 2.51 bits per heavy atom. The van der Waals surface area contributed by atoms with Gasteiger partial charge in [-0.3, -0.25) is 19.2 Å². The van der Waals surface area contributed by atoms with Crippen molar-refractivity contribution in [3.63, 3.8) is 0 Å². The summed E-state index contributed by atoms with van der Waals surface area (Å²) in [5, 5.41) is 14.3. The lowest BCUT2D eigenvalue weighted by atomic mass is 9.60. The van der Waals surface area contributed by atoms with Crippen LogP contribution in [-0.4, -0.2) is 101 Å². The van der Waals surface area contributed by atoms with Crippen LogP contribution in [0.2, 0.25) is 10.0 Å². The van der Waals surface area contributed by atoms with Crippen molar-refractivity contribution in [3.8, 4) is 11.1 Å². The van der Waals surface area contributed by atoms with Crippen LogP contribution in [0.4, 0.5) is 11.5 Å². The number of anilines is 2. The highest BCUT2D eigenvalue weighted by Crippen LogP contribution is 2.56. The predicted molar refractivity (Wildman–Crippen MR) is 180 cm³/mol. The summed E-state index contributed by atoms with van der Waals surface area (Å²) < 4.78 is 2.13. The maximum Gasteiger partial charge on any atom is 0.245 e. The monoisotopic (exact) mass is 654 g/mol. The quantitative estimate of drug-likeness (QED) is 0.250. The van der Waals surface area contributed by atoms with Crippen LogP contribution in [-0.2, 0) is 9.59 Å². The summed E-state index contributed by atoms with van der Waals surface area (Å²) in [6.45, 7) is 15.4. The maximum atomic E-state index is 12.7. The molecule has 1 aromatic heterocycles. The summed E-state index contributed by atoms with van der Waals surface area (Å²) in [7, 11) is 1.99. The molecule has 1 unspecified atom stereocenters. The van der Waals surface area contributed by atoms with Crippen LogP contribution in [0, 0.1) is 23.7 Å². The number of aromatic nitrogens is 2. The standard InChI is InChI=1S/C33H44Cl2N8O2/c1-6-26(44)41-18-33(19-41)13-22(14-33)43-20(2)28(29-23(15-36)25(37)11-24(34)30(29)35)31(38-43)42-8-7-21(12-32(42,3)4)16-40-10-9-39(5)17-27(40)45/h6,11,15,21-22,36H,1,7-10,12-14,16-19,37H2,2-5H3. The first-order chi connectivity index (χ1) is 21.3. The molecule has 1 aromatic carbocycles. The number of nitrogens with one attached hydrogen (secondary N) is 1. The molecule has 1 spiro atoms. The van der Waals surface area contributed by atoms with E-state index in [1.165, 1.54) is 12.3 Å². The Morgan fingerprint density at radius 1 is 1.18 bits per heavy atom. The van der Waals surface area contributed by atoms with E-state index in [2.05, 4.69) is 41.8 Å². The van der Waals surface area contributed by atoms with Crippen LogP contribution >= 0.6 is 23.2 Å². The molecule has 0 radical (unpaired) electrons. The van der Waals surface area contributed by atoms with Gasteiger partial charge in [-0.2, -0.15) is 5.10 Å². The highest BCUT2D eigenvalue weighted by Gasteiger charge is 2.55. The Bertz CT molecular complexity index is 1550. The molecular formula is C33H44Cl2N8O2. The molecule has 2 amide bonds. The molecule has 0 bridgehead atoms. The Hall–Kier alpha value is -3.08. The predicted octanol–water partition coefficient (Wildman–Crippen LogP) is 4.86. The summed E-state index contributed by atoms with van der Waals surface area (Å²) in [5.41, 5.74) is 9.63. The van der Waals surface area contributed by atoms with E-state index in [1.54, 1.807) is 6.07 Å². The van der Waals surface area contributed by atoms with Gasteiger partial charge in [-0.15, -0.1) is 0 Å². The number of nitrogen functional groups attached to an aromatic ring is 1. The number of hydrogen-bond donors (Lipinski definition) is 2. The highest BCUT2D eigenvalue weighted by molar-refractivity contribution is 6.44. The molecular weight excluding hydrogens is 611 g/mol. The second-order valence-corrected chi connectivity index (χ2v) is 15.1. The van der Waals surface area contributed by atoms with E-state index in [1.807, 2.05) is 16.8 Å². The molecule has 3 aliphatic heterocycles. The number of carbonyl (C=O) groups is 2. The van der Waals surface area contributed by atoms with Gasteiger partial charge < -0.3 is 25.8 Å². The number of halogens is 2.